The number of urea groups is 1. The van der Waals surface area contributed by atoms with Crippen LogP contribution in [0.1, 0.15) is 19.8 Å². The largest absolute Gasteiger partial charge is 0.497 e. The Balaban J connectivity index is 2.52. The predicted octanol–water partition coefficient (Wildman–Crippen LogP) is 1.73. The summed E-state index contributed by atoms with van der Waals surface area (Å²) in [5.74, 6) is 0.802. The zero-order valence-electron chi connectivity index (χ0n) is 11.6. The molecule has 1 rings (SSSR count). The number of rotatable bonds is 6. The molecule has 1 aromatic rings. The third kappa shape index (κ3) is 5.05. The topological polar surface area (TPSA) is 109 Å². The molecule has 20 heavy (non-hydrogen) atoms. The number of amidine groups is 1. The summed E-state index contributed by atoms with van der Waals surface area (Å²) < 4.78 is 5.03. The fourth-order valence-corrected chi connectivity index (χ4v) is 1.62. The Hall–Kier alpha value is -2.44. The molecule has 1 unspecified atom stereocenters. The van der Waals surface area contributed by atoms with Crippen LogP contribution in [0.5, 0.6) is 5.75 Å². The van der Waals surface area contributed by atoms with E-state index >= 15 is 0 Å². The molecule has 7 heteroatoms. The van der Waals surface area contributed by atoms with Gasteiger partial charge in [-0.2, -0.15) is 0 Å². The maximum Gasteiger partial charge on any atom is 0.319 e. The van der Waals surface area contributed by atoms with Gasteiger partial charge in [-0.05, 0) is 30.7 Å². The highest BCUT2D eigenvalue weighted by atomic mass is 16.5. The van der Waals surface area contributed by atoms with Crippen LogP contribution in [0, 0.1) is 0 Å². The van der Waals surface area contributed by atoms with E-state index in [4.69, 9.17) is 15.7 Å². The SMILES string of the molecule is CCC(CC(N)=NO)NC(=O)Nc1ccc(OC)cc1. The maximum absolute atomic E-state index is 11.8. The normalized spacial score (nSPS) is 12.6. The van der Waals surface area contributed by atoms with Gasteiger partial charge in [0.05, 0.1) is 7.11 Å². The molecule has 0 bridgehead atoms. The van der Waals surface area contributed by atoms with Crippen molar-refractivity contribution in [1.82, 2.24) is 5.32 Å². The highest BCUT2D eigenvalue weighted by Gasteiger charge is 2.12. The second-order valence-electron chi connectivity index (χ2n) is 4.23. The zero-order valence-corrected chi connectivity index (χ0v) is 11.6. The van der Waals surface area contributed by atoms with Crippen molar-refractivity contribution in [2.45, 2.75) is 25.8 Å². The van der Waals surface area contributed by atoms with Gasteiger partial charge in [0, 0.05) is 18.2 Å². The van der Waals surface area contributed by atoms with Crippen molar-refractivity contribution in [1.29, 1.82) is 0 Å². The van der Waals surface area contributed by atoms with Crippen LogP contribution < -0.4 is 21.1 Å². The first-order chi connectivity index (χ1) is 9.58. The molecule has 0 aliphatic heterocycles. The minimum atomic E-state index is -0.340. The number of hydrogen-bond acceptors (Lipinski definition) is 4. The Labute approximate surface area is 117 Å². The minimum Gasteiger partial charge on any atom is -0.497 e. The van der Waals surface area contributed by atoms with E-state index in [1.54, 1.807) is 31.4 Å². The number of carbonyl (C=O) groups is 1. The minimum absolute atomic E-state index is 0.0848. The third-order valence-corrected chi connectivity index (χ3v) is 2.76. The van der Waals surface area contributed by atoms with Gasteiger partial charge in [0.1, 0.15) is 11.6 Å². The number of benzene rings is 1. The standard InChI is InChI=1S/C13H20N4O3/c1-3-9(8-12(14)17-19)15-13(18)16-10-4-6-11(20-2)7-5-10/h4-7,9,19H,3,8H2,1-2H3,(H2,14,17)(H2,15,16,18). The average molecular weight is 280 g/mol. The summed E-state index contributed by atoms with van der Waals surface area (Å²) in [5, 5.41) is 16.9. The number of ether oxygens (including phenoxy) is 1. The number of hydrogen-bond donors (Lipinski definition) is 4. The van der Waals surface area contributed by atoms with Crippen molar-refractivity contribution < 1.29 is 14.7 Å². The summed E-state index contributed by atoms with van der Waals surface area (Å²) >= 11 is 0. The molecule has 110 valence electrons. The Morgan fingerprint density at radius 1 is 1.45 bits per heavy atom. The van der Waals surface area contributed by atoms with E-state index in [-0.39, 0.29) is 17.9 Å². The molecule has 0 fully saturated rings. The van der Waals surface area contributed by atoms with Crippen molar-refractivity contribution in [3.63, 3.8) is 0 Å². The van der Waals surface area contributed by atoms with Crippen LogP contribution >= 0.6 is 0 Å². The Morgan fingerprint density at radius 2 is 2.10 bits per heavy atom. The van der Waals surface area contributed by atoms with Crippen LogP contribution in [0.2, 0.25) is 0 Å². The third-order valence-electron chi connectivity index (χ3n) is 2.76. The molecule has 0 aliphatic rings. The average Bonchev–Trinajstić information content (AvgIpc) is 2.47. The lowest BCUT2D eigenvalue weighted by atomic mass is 10.1. The number of carbonyl (C=O) groups excluding carboxylic acids is 1. The van der Waals surface area contributed by atoms with Gasteiger partial charge in [-0.25, -0.2) is 4.79 Å². The van der Waals surface area contributed by atoms with Crippen LogP contribution in [0.25, 0.3) is 0 Å². The van der Waals surface area contributed by atoms with E-state index in [0.717, 1.165) is 0 Å². The number of methoxy groups -OCH3 is 1. The second kappa shape index (κ2) is 7.88. The number of nitrogens with two attached hydrogens (primary N) is 1. The van der Waals surface area contributed by atoms with Crippen LogP contribution in [0.3, 0.4) is 0 Å². The summed E-state index contributed by atoms with van der Waals surface area (Å²) in [6.45, 7) is 1.91. The van der Waals surface area contributed by atoms with Crippen LogP contribution in [-0.4, -0.2) is 30.2 Å². The lowest BCUT2D eigenvalue weighted by Gasteiger charge is -2.16. The summed E-state index contributed by atoms with van der Waals surface area (Å²) in [5.41, 5.74) is 6.08. The molecule has 0 saturated carbocycles. The summed E-state index contributed by atoms with van der Waals surface area (Å²) in [6, 6.07) is 6.45. The van der Waals surface area contributed by atoms with Gasteiger partial charge in [0.15, 0.2) is 0 Å². The number of nitrogens with one attached hydrogen (secondary N) is 2. The first-order valence-corrected chi connectivity index (χ1v) is 6.27. The summed E-state index contributed by atoms with van der Waals surface area (Å²) in [6.07, 6.45) is 0.968. The number of oxime groups is 1. The Kier molecular flexibility index (Phi) is 6.15. The summed E-state index contributed by atoms with van der Waals surface area (Å²) in [7, 11) is 1.58. The Bertz CT molecular complexity index is 459. The van der Waals surface area contributed by atoms with E-state index in [0.29, 0.717) is 24.3 Å². The zero-order chi connectivity index (χ0) is 15.0. The molecule has 0 aliphatic carbocycles. The van der Waals surface area contributed by atoms with Crippen molar-refractivity contribution in [2.75, 3.05) is 12.4 Å². The van der Waals surface area contributed by atoms with E-state index < -0.39 is 0 Å². The molecule has 0 spiro atoms. The van der Waals surface area contributed by atoms with Crippen LogP contribution in [0.4, 0.5) is 10.5 Å². The highest BCUT2D eigenvalue weighted by Crippen LogP contribution is 2.14. The maximum atomic E-state index is 11.8. The number of anilines is 1. The smallest absolute Gasteiger partial charge is 0.319 e. The van der Waals surface area contributed by atoms with Crippen molar-refractivity contribution in [3.8, 4) is 5.75 Å². The molecule has 2 amide bonds. The quantitative estimate of drug-likeness (QED) is 0.275. The van der Waals surface area contributed by atoms with Gasteiger partial charge < -0.3 is 26.3 Å². The number of nitrogens with zero attached hydrogens (tertiary/aromatic N) is 1. The molecule has 0 radical (unpaired) electrons. The van der Waals surface area contributed by atoms with E-state index in [1.165, 1.54) is 0 Å². The van der Waals surface area contributed by atoms with Gasteiger partial charge in [-0.3, -0.25) is 0 Å². The van der Waals surface area contributed by atoms with Crippen molar-refractivity contribution in [2.24, 2.45) is 10.9 Å². The molecule has 0 aromatic heterocycles. The fourth-order valence-electron chi connectivity index (χ4n) is 1.62. The molecule has 7 nitrogen and oxygen atoms in total. The van der Waals surface area contributed by atoms with E-state index in [2.05, 4.69) is 15.8 Å². The molecule has 1 atom stereocenters. The first kappa shape index (κ1) is 15.6. The molecule has 1 aromatic carbocycles. The Morgan fingerprint density at radius 3 is 2.60 bits per heavy atom. The highest BCUT2D eigenvalue weighted by molar-refractivity contribution is 5.90. The van der Waals surface area contributed by atoms with Gasteiger partial charge in [-0.15, -0.1) is 0 Å². The van der Waals surface area contributed by atoms with Crippen LogP contribution in [0.15, 0.2) is 29.4 Å². The lowest BCUT2D eigenvalue weighted by Crippen LogP contribution is -2.40. The molecular formula is C13H20N4O3. The molecular weight excluding hydrogens is 260 g/mol. The first-order valence-electron chi connectivity index (χ1n) is 6.27. The second-order valence-corrected chi connectivity index (χ2v) is 4.23. The van der Waals surface area contributed by atoms with Gasteiger partial charge >= 0.3 is 6.03 Å². The van der Waals surface area contributed by atoms with Crippen molar-refractivity contribution in [3.05, 3.63) is 24.3 Å². The van der Waals surface area contributed by atoms with Gasteiger partial charge in [-0.1, -0.05) is 12.1 Å². The van der Waals surface area contributed by atoms with Crippen LogP contribution in [-0.2, 0) is 0 Å². The fraction of sp³-hybridized carbons (Fsp3) is 0.385. The number of amides is 2. The van der Waals surface area contributed by atoms with Gasteiger partial charge in [0.2, 0.25) is 0 Å². The molecule has 0 heterocycles. The monoisotopic (exact) mass is 280 g/mol. The predicted molar refractivity (Wildman–Crippen MR) is 77.3 cm³/mol. The summed E-state index contributed by atoms with van der Waals surface area (Å²) in [4.78, 5) is 11.8. The van der Waals surface area contributed by atoms with Gasteiger partial charge in [0.25, 0.3) is 0 Å². The molecule has 0 saturated heterocycles. The van der Waals surface area contributed by atoms with E-state index in [9.17, 15) is 4.79 Å². The molecule has 5 N–H and O–H groups in total. The van der Waals surface area contributed by atoms with Crippen molar-refractivity contribution >= 4 is 17.6 Å². The lowest BCUT2D eigenvalue weighted by molar-refractivity contribution is 0.248. The van der Waals surface area contributed by atoms with E-state index in [1.807, 2.05) is 6.92 Å².